The van der Waals surface area contributed by atoms with Crippen LogP contribution in [0.4, 0.5) is 5.69 Å². The van der Waals surface area contributed by atoms with Gasteiger partial charge in [-0.15, -0.1) is 0 Å². The molecular weight excluding hydrogens is 508 g/mol. The lowest BCUT2D eigenvalue weighted by Crippen LogP contribution is -2.31. The third kappa shape index (κ3) is 5.09. The average molecular weight is 543 g/mol. The Balaban J connectivity index is 1.32. The van der Waals surface area contributed by atoms with Crippen molar-refractivity contribution >= 4 is 29.0 Å². The third-order valence-corrected chi connectivity index (χ3v) is 8.22. The van der Waals surface area contributed by atoms with Crippen molar-refractivity contribution in [2.45, 2.75) is 31.7 Å². The lowest BCUT2D eigenvalue weighted by Gasteiger charge is -2.29. The number of hydrogen-bond acceptors (Lipinski definition) is 4. The van der Waals surface area contributed by atoms with E-state index in [1.165, 1.54) is 26.8 Å². The van der Waals surface area contributed by atoms with Crippen molar-refractivity contribution in [1.82, 2.24) is 4.90 Å². The van der Waals surface area contributed by atoms with Gasteiger partial charge in [-0.05, 0) is 95.7 Å². The van der Waals surface area contributed by atoms with E-state index in [4.69, 9.17) is 4.74 Å². The Hall–Kier alpha value is -4.48. The highest BCUT2D eigenvalue weighted by Gasteiger charge is 2.25. The van der Waals surface area contributed by atoms with Gasteiger partial charge in [0, 0.05) is 22.4 Å². The lowest BCUT2D eigenvalue weighted by atomic mass is 9.82. The summed E-state index contributed by atoms with van der Waals surface area (Å²) in [5, 5.41) is 7.79. The van der Waals surface area contributed by atoms with Crippen molar-refractivity contribution in [3.05, 3.63) is 128 Å². The predicted molar refractivity (Wildman–Crippen MR) is 163 cm³/mol. The molecule has 41 heavy (non-hydrogen) atoms. The topological polar surface area (TPSA) is 58.6 Å². The number of rotatable bonds is 7. The number of methoxy groups -OCH3 is 1. The van der Waals surface area contributed by atoms with Gasteiger partial charge in [-0.2, -0.15) is 0 Å². The van der Waals surface area contributed by atoms with Gasteiger partial charge in [-0.25, -0.2) is 0 Å². The van der Waals surface area contributed by atoms with Gasteiger partial charge in [0.1, 0.15) is 5.75 Å². The summed E-state index contributed by atoms with van der Waals surface area (Å²) >= 11 is 0. The Kier molecular flexibility index (Phi) is 7.29. The molecule has 5 heteroatoms. The summed E-state index contributed by atoms with van der Waals surface area (Å²) in [5.74, 6) is 0.607. The smallest absolute Gasteiger partial charge is 0.228 e. The van der Waals surface area contributed by atoms with E-state index in [-0.39, 0.29) is 24.2 Å². The van der Waals surface area contributed by atoms with Gasteiger partial charge in [-0.1, -0.05) is 60.7 Å². The van der Waals surface area contributed by atoms with Gasteiger partial charge in [0.25, 0.3) is 0 Å². The molecule has 0 saturated carbocycles. The Morgan fingerprint density at radius 1 is 0.854 bits per heavy atom. The fourth-order valence-electron chi connectivity index (χ4n) is 6.26. The van der Waals surface area contributed by atoms with Crippen molar-refractivity contribution in [2.24, 2.45) is 0 Å². The quantitative estimate of drug-likeness (QED) is 0.337. The number of ketones is 1. The van der Waals surface area contributed by atoms with Crippen molar-refractivity contribution in [2.75, 3.05) is 26.5 Å². The van der Waals surface area contributed by atoms with Gasteiger partial charge in [0.2, 0.25) is 5.91 Å². The molecule has 0 fully saturated rings. The average Bonchev–Trinajstić information content (AvgIpc) is 3.00. The van der Waals surface area contributed by atoms with Crippen molar-refractivity contribution in [1.29, 1.82) is 0 Å². The first-order valence-corrected chi connectivity index (χ1v) is 14.1. The number of carbonyl (C=O) groups is 2. The summed E-state index contributed by atoms with van der Waals surface area (Å²) in [7, 11) is 5.84. The highest BCUT2D eigenvalue weighted by atomic mass is 16.5. The zero-order valence-electron chi connectivity index (χ0n) is 23.7. The molecule has 1 amide bonds. The number of hydrogen-bond donors (Lipinski definition) is 1. The first-order chi connectivity index (χ1) is 19.9. The summed E-state index contributed by atoms with van der Waals surface area (Å²) in [6.45, 7) is 0. The molecule has 0 aliphatic heterocycles. The first kappa shape index (κ1) is 26.7. The number of amides is 1. The summed E-state index contributed by atoms with van der Waals surface area (Å²) in [6, 6.07) is 27.8. The molecule has 4 aromatic carbocycles. The molecule has 5 nitrogen and oxygen atoms in total. The number of benzene rings is 4. The van der Waals surface area contributed by atoms with Crippen LogP contribution in [-0.2, 0) is 17.6 Å². The van der Waals surface area contributed by atoms with E-state index in [1.54, 1.807) is 19.2 Å². The van der Waals surface area contributed by atoms with E-state index in [9.17, 15) is 9.59 Å². The normalized spacial score (nSPS) is 15.3. The second-order valence-electron chi connectivity index (χ2n) is 11.0. The van der Waals surface area contributed by atoms with Crippen LogP contribution < -0.4 is 20.5 Å². The van der Waals surface area contributed by atoms with Crippen LogP contribution in [0.1, 0.15) is 45.9 Å². The Bertz CT molecular complexity index is 1870. The number of ether oxygens (including phenoxy) is 1. The number of fused-ring (bicyclic) bond motifs is 4. The molecule has 1 N–H and O–H groups in total. The molecule has 0 spiro atoms. The highest BCUT2D eigenvalue weighted by Crippen LogP contribution is 2.30. The molecule has 2 aliphatic carbocycles. The molecular formula is C36H34N2O3. The molecule has 6 rings (SSSR count). The molecule has 1 atom stereocenters. The molecule has 4 aromatic rings. The first-order valence-electron chi connectivity index (χ1n) is 14.1. The minimum absolute atomic E-state index is 0.0550. The van der Waals surface area contributed by atoms with Crippen molar-refractivity contribution in [3.63, 3.8) is 0 Å². The molecule has 2 aliphatic rings. The summed E-state index contributed by atoms with van der Waals surface area (Å²) in [5.41, 5.74) is 5.61. The zero-order chi connectivity index (χ0) is 28.5. The van der Waals surface area contributed by atoms with Gasteiger partial charge < -0.3 is 10.1 Å². The summed E-state index contributed by atoms with van der Waals surface area (Å²) in [4.78, 5) is 28.8. The third-order valence-electron chi connectivity index (χ3n) is 8.22. The predicted octanol–water partition coefficient (Wildman–Crippen LogP) is 4.93. The van der Waals surface area contributed by atoms with Gasteiger partial charge in [0.15, 0.2) is 5.78 Å². The Labute approximate surface area is 240 Å². The number of carbonyl (C=O) groups excluding carboxylic acids is 2. The number of anilines is 1. The molecule has 206 valence electrons. The van der Waals surface area contributed by atoms with Crippen molar-refractivity contribution < 1.29 is 14.3 Å². The second-order valence-corrected chi connectivity index (χ2v) is 11.0. The Morgan fingerprint density at radius 3 is 2.37 bits per heavy atom. The van der Waals surface area contributed by atoms with E-state index in [0.717, 1.165) is 35.6 Å². The van der Waals surface area contributed by atoms with Crippen LogP contribution in [0.15, 0.2) is 84.9 Å². The maximum absolute atomic E-state index is 13.8. The van der Waals surface area contributed by atoms with Gasteiger partial charge >= 0.3 is 0 Å². The largest absolute Gasteiger partial charge is 0.496 e. The van der Waals surface area contributed by atoms with E-state index in [2.05, 4.69) is 66.8 Å². The maximum Gasteiger partial charge on any atom is 0.228 e. The van der Waals surface area contributed by atoms with E-state index in [1.807, 2.05) is 36.4 Å². The van der Waals surface area contributed by atoms with Crippen LogP contribution in [0.2, 0.25) is 0 Å². The van der Waals surface area contributed by atoms with E-state index < -0.39 is 0 Å². The number of Topliss-reactive ketones (excluding diaryl/α,β-unsaturated/α-hetero) is 1. The van der Waals surface area contributed by atoms with Crippen LogP contribution >= 0.6 is 0 Å². The van der Waals surface area contributed by atoms with Gasteiger partial charge in [0.05, 0.1) is 19.6 Å². The van der Waals surface area contributed by atoms with Crippen molar-refractivity contribution in [3.8, 4) is 5.75 Å². The van der Waals surface area contributed by atoms with Crippen LogP contribution in [0, 0.1) is 10.4 Å². The van der Waals surface area contributed by atoms with Crippen LogP contribution in [0.25, 0.3) is 11.6 Å². The van der Waals surface area contributed by atoms with E-state index in [0.29, 0.717) is 17.0 Å². The molecule has 0 bridgehead atoms. The standard InChI is InChI=1S/C36H34N2O3/c1-38(2)32-21-24-9-4-6-11-27(24)30-20-19-28-29(35(30)32)12-8-13-31(28)36(40)23-15-17-26(18-16-23)37-34(39)22-25-10-5-7-14-33(25)41-3/h4-7,9-11,14-21,32H,8,12-13,22H2,1-3H3,(H,37,39). The minimum Gasteiger partial charge on any atom is -0.496 e. The number of nitrogens with zero attached hydrogens (tertiary/aromatic N) is 1. The number of nitrogens with one attached hydrogen (secondary N) is 1. The summed E-state index contributed by atoms with van der Waals surface area (Å²) in [6.07, 6.45) is 5.22. The van der Waals surface area contributed by atoms with Crippen LogP contribution in [0.3, 0.4) is 0 Å². The monoisotopic (exact) mass is 542 g/mol. The minimum atomic E-state index is -0.136. The van der Waals surface area contributed by atoms with Gasteiger partial charge in [-0.3, -0.25) is 14.5 Å². The Morgan fingerprint density at radius 2 is 1.59 bits per heavy atom. The summed E-state index contributed by atoms with van der Waals surface area (Å²) < 4.78 is 5.36. The SMILES string of the molecule is COc1ccccc1CC(=O)Nc1ccc(C(=O)C2=c3ccc4c(c3CCC2)C(N(C)C)C=c2ccccc2=4)cc1. The van der Waals surface area contributed by atoms with Crippen LogP contribution in [-0.4, -0.2) is 37.8 Å². The maximum atomic E-state index is 13.8. The molecule has 1 unspecified atom stereocenters. The fraction of sp³-hybridized carbons (Fsp3) is 0.222. The lowest BCUT2D eigenvalue weighted by molar-refractivity contribution is -0.115. The zero-order valence-corrected chi connectivity index (χ0v) is 23.7. The highest BCUT2D eigenvalue weighted by molar-refractivity contribution is 6.24. The molecule has 0 saturated heterocycles. The fourth-order valence-corrected chi connectivity index (χ4v) is 6.26. The van der Waals surface area contributed by atoms with Crippen LogP contribution in [0.5, 0.6) is 5.75 Å². The molecule has 0 aromatic heterocycles. The number of para-hydroxylation sites is 1. The van der Waals surface area contributed by atoms with E-state index >= 15 is 0 Å². The molecule has 0 radical (unpaired) electrons. The molecule has 0 heterocycles. The second kappa shape index (κ2) is 11.2.